The van der Waals surface area contributed by atoms with Crippen molar-refractivity contribution in [2.24, 2.45) is 5.92 Å². The lowest BCUT2D eigenvalue weighted by Gasteiger charge is -2.30. The summed E-state index contributed by atoms with van der Waals surface area (Å²) in [7, 11) is 1.66. The second-order valence-electron chi connectivity index (χ2n) is 5.61. The molecular weight excluding hydrogens is 252 g/mol. The molecule has 1 aromatic rings. The predicted octanol–water partition coefficient (Wildman–Crippen LogP) is 2.46. The first-order chi connectivity index (χ1) is 9.56. The Labute approximate surface area is 120 Å². The van der Waals surface area contributed by atoms with Crippen LogP contribution in [0, 0.1) is 12.8 Å². The standard InChI is InChI=1S/C16H24N2O2/c1-11-5-4-6-14(15(11)17)16(19)18(9-10-20-3)12(2)13-7-8-13/h4-6,12-13H,7-10,17H2,1-3H3. The average Bonchev–Trinajstić information content (AvgIpc) is 3.26. The quantitative estimate of drug-likeness (QED) is 0.812. The van der Waals surface area contributed by atoms with Gasteiger partial charge in [0.05, 0.1) is 12.2 Å². The molecule has 4 nitrogen and oxygen atoms in total. The van der Waals surface area contributed by atoms with E-state index in [0.29, 0.717) is 30.3 Å². The maximum absolute atomic E-state index is 12.8. The number of carbonyl (C=O) groups is 1. The number of para-hydroxylation sites is 1. The van der Waals surface area contributed by atoms with E-state index in [2.05, 4.69) is 6.92 Å². The zero-order valence-electron chi connectivity index (χ0n) is 12.6. The number of amides is 1. The van der Waals surface area contributed by atoms with Crippen LogP contribution >= 0.6 is 0 Å². The Bertz CT molecular complexity index is 483. The molecule has 1 aliphatic rings. The Kier molecular flexibility index (Phi) is 4.65. The van der Waals surface area contributed by atoms with Gasteiger partial charge in [0.2, 0.25) is 0 Å². The van der Waals surface area contributed by atoms with Crippen LogP contribution in [0.5, 0.6) is 0 Å². The van der Waals surface area contributed by atoms with Crippen LogP contribution in [0.3, 0.4) is 0 Å². The molecule has 0 aromatic heterocycles. The van der Waals surface area contributed by atoms with E-state index < -0.39 is 0 Å². The monoisotopic (exact) mass is 276 g/mol. The van der Waals surface area contributed by atoms with Crippen molar-refractivity contribution >= 4 is 11.6 Å². The van der Waals surface area contributed by atoms with E-state index in [0.717, 1.165) is 5.56 Å². The third-order valence-electron chi connectivity index (χ3n) is 4.15. The summed E-state index contributed by atoms with van der Waals surface area (Å²) in [6, 6.07) is 5.87. The van der Waals surface area contributed by atoms with Gasteiger partial charge in [0.1, 0.15) is 0 Å². The van der Waals surface area contributed by atoms with Gasteiger partial charge in [-0.25, -0.2) is 0 Å². The van der Waals surface area contributed by atoms with Crippen molar-refractivity contribution in [3.05, 3.63) is 29.3 Å². The third-order valence-corrected chi connectivity index (χ3v) is 4.15. The molecule has 1 saturated carbocycles. The highest BCUT2D eigenvalue weighted by Crippen LogP contribution is 2.36. The summed E-state index contributed by atoms with van der Waals surface area (Å²) in [5, 5.41) is 0. The third kappa shape index (κ3) is 3.12. The number of anilines is 1. The lowest BCUT2D eigenvalue weighted by atomic mass is 10.1. The molecular formula is C16H24N2O2. The predicted molar refractivity (Wildman–Crippen MR) is 80.7 cm³/mol. The van der Waals surface area contributed by atoms with Crippen LogP contribution in [0.2, 0.25) is 0 Å². The molecule has 0 aliphatic heterocycles. The summed E-state index contributed by atoms with van der Waals surface area (Å²) in [6.07, 6.45) is 2.42. The first-order valence-corrected chi connectivity index (χ1v) is 7.21. The van der Waals surface area contributed by atoms with Gasteiger partial charge >= 0.3 is 0 Å². The molecule has 0 saturated heterocycles. The van der Waals surface area contributed by atoms with E-state index in [1.54, 1.807) is 7.11 Å². The first kappa shape index (κ1) is 14.9. The van der Waals surface area contributed by atoms with Crippen LogP contribution in [-0.4, -0.2) is 37.1 Å². The topological polar surface area (TPSA) is 55.6 Å². The molecule has 4 heteroatoms. The van der Waals surface area contributed by atoms with Gasteiger partial charge in [0, 0.05) is 25.4 Å². The van der Waals surface area contributed by atoms with Gasteiger partial charge in [-0.1, -0.05) is 12.1 Å². The molecule has 2 N–H and O–H groups in total. The Morgan fingerprint density at radius 1 is 1.50 bits per heavy atom. The summed E-state index contributed by atoms with van der Waals surface area (Å²) in [6.45, 7) is 5.21. The van der Waals surface area contributed by atoms with Crippen LogP contribution in [0.4, 0.5) is 5.69 Å². The number of methoxy groups -OCH3 is 1. The number of rotatable bonds is 6. The number of aryl methyl sites for hydroxylation is 1. The highest BCUT2D eigenvalue weighted by Gasteiger charge is 2.34. The number of nitrogen functional groups attached to an aromatic ring is 1. The number of hydrogen-bond donors (Lipinski definition) is 1. The minimum Gasteiger partial charge on any atom is -0.398 e. The molecule has 0 spiro atoms. The maximum Gasteiger partial charge on any atom is 0.256 e. The molecule has 0 heterocycles. The Hall–Kier alpha value is -1.55. The molecule has 1 aromatic carbocycles. The minimum atomic E-state index is 0.0163. The van der Waals surface area contributed by atoms with E-state index >= 15 is 0 Å². The van der Waals surface area contributed by atoms with Crippen LogP contribution in [0.1, 0.15) is 35.7 Å². The number of ether oxygens (including phenoxy) is 1. The molecule has 110 valence electrons. The fourth-order valence-corrected chi connectivity index (χ4v) is 2.53. The first-order valence-electron chi connectivity index (χ1n) is 7.21. The van der Waals surface area contributed by atoms with Crippen molar-refractivity contribution < 1.29 is 9.53 Å². The number of carbonyl (C=O) groups excluding carboxylic acids is 1. The fraction of sp³-hybridized carbons (Fsp3) is 0.562. The van der Waals surface area contributed by atoms with Crippen LogP contribution < -0.4 is 5.73 Å². The summed E-state index contributed by atoms with van der Waals surface area (Å²) in [4.78, 5) is 14.7. The molecule has 20 heavy (non-hydrogen) atoms. The molecule has 2 rings (SSSR count). The Balaban J connectivity index is 2.22. The van der Waals surface area contributed by atoms with Gasteiger partial charge in [0.25, 0.3) is 5.91 Å². The van der Waals surface area contributed by atoms with Gasteiger partial charge in [-0.2, -0.15) is 0 Å². The summed E-state index contributed by atoms with van der Waals surface area (Å²) >= 11 is 0. The van der Waals surface area contributed by atoms with Crippen molar-refractivity contribution in [3.63, 3.8) is 0 Å². The van der Waals surface area contributed by atoms with E-state index in [-0.39, 0.29) is 11.9 Å². The van der Waals surface area contributed by atoms with Crippen molar-refractivity contribution in [1.82, 2.24) is 4.90 Å². The molecule has 1 aliphatic carbocycles. The van der Waals surface area contributed by atoms with Crippen molar-refractivity contribution in [2.75, 3.05) is 26.0 Å². The Morgan fingerprint density at radius 2 is 2.20 bits per heavy atom. The SMILES string of the molecule is COCCN(C(=O)c1cccc(C)c1N)C(C)C1CC1. The van der Waals surface area contributed by atoms with Crippen LogP contribution in [0.15, 0.2) is 18.2 Å². The molecule has 0 bridgehead atoms. The zero-order chi connectivity index (χ0) is 14.7. The summed E-state index contributed by atoms with van der Waals surface area (Å²) in [5.74, 6) is 0.643. The number of nitrogens with zero attached hydrogens (tertiary/aromatic N) is 1. The molecule has 1 atom stereocenters. The van der Waals surface area contributed by atoms with Gasteiger partial charge in [0.15, 0.2) is 0 Å². The van der Waals surface area contributed by atoms with E-state index in [1.165, 1.54) is 12.8 Å². The van der Waals surface area contributed by atoms with E-state index in [9.17, 15) is 4.79 Å². The highest BCUT2D eigenvalue weighted by molar-refractivity contribution is 5.99. The number of nitrogens with two attached hydrogens (primary N) is 1. The maximum atomic E-state index is 12.8. The van der Waals surface area contributed by atoms with E-state index in [4.69, 9.17) is 10.5 Å². The molecule has 1 unspecified atom stereocenters. The summed E-state index contributed by atoms with van der Waals surface area (Å²) < 4.78 is 5.14. The smallest absolute Gasteiger partial charge is 0.256 e. The molecule has 0 radical (unpaired) electrons. The Morgan fingerprint density at radius 3 is 2.80 bits per heavy atom. The minimum absolute atomic E-state index is 0.0163. The number of benzene rings is 1. The van der Waals surface area contributed by atoms with Crippen LogP contribution in [-0.2, 0) is 4.74 Å². The zero-order valence-corrected chi connectivity index (χ0v) is 12.6. The normalized spacial score (nSPS) is 15.9. The molecule has 1 amide bonds. The largest absolute Gasteiger partial charge is 0.398 e. The number of hydrogen-bond acceptors (Lipinski definition) is 3. The van der Waals surface area contributed by atoms with Gasteiger partial charge in [-0.3, -0.25) is 4.79 Å². The summed E-state index contributed by atoms with van der Waals surface area (Å²) in [5.41, 5.74) is 8.20. The van der Waals surface area contributed by atoms with Gasteiger partial charge in [-0.05, 0) is 44.2 Å². The lowest BCUT2D eigenvalue weighted by molar-refractivity contribution is 0.0595. The van der Waals surface area contributed by atoms with Crippen molar-refractivity contribution in [1.29, 1.82) is 0 Å². The second-order valence-corrected chi connectivity index (χ2v) is 5.61. The lowest BCUT2D eigenvalue weighted by Crippen LogP contribution is -2.42. The van der Waals surface area contributed by atoms with Crippen molar-refractivity contribution in [3.8, 4) is 0 Å². The molecule has 1 fully saturated rings. The van der Waals surface area contributed by atoms with Crippen molar-refractivity contribution in [2.45, 2.75) is 32.7 Å². The average molecular weight is 276 g/mol. The van der Waals surface area contributed by atoms with Crippen LogP contribution in [0.25, 0.3) is 0 Å². The second kappa shape index (κ2) is 6.27. The highest BCUT2D eigenvalue weighted by atomic mass is 16.5. The van der Waals surface area contributed by atoms with E-state index in [1.807, 2.05) is 30.0 Å². The fourth-order valence-electron chi connectivity index (χ4n) is 2.53. The van der Waals surface area contributed by atoms with Gasteiger partial charge < -0.3 is 15.4 Å². The van der Waals surface area contributed by atoms with Gasteiger partial charge in [-0.15, -0.1) is 0 Å².